The fraction of sp³-hybridized carbons (Fsp3) is 0.364. The van der Waals surface area contributed by atoms with Crippen LogP contribution in [-0.2, 0) is 0 Å². The number of Topliss-reactive ketones (excluding diaryl/α,β-unsaturated/α-hetero) is 1. The normalized spacial score (nSPS) is 11.4. The molecule has 1 aromatic rings. The average Bonchev–Trinajstić information content (AvgIpc) is 2.14. The fourth-order valence-corrected chi connectivity index (χ4v) is 1.69. The highest BCUT2D eigenvalue weighted by atomic mass is 79.9. The van der Waals surface area contributed by atoms with E-state index in [9.17, 15) is 18.0 Å². The van der Waals surface area contributed by atoms with Crippen molar-refractivity contribution in [1.29, 1.82) is 0 Å². The predicted molar refractivity (Wildman–Crippen MR) is 60.6 cm³/mol. The summed E-state index contributed by atoms with van der Waals surface area (Å²) in [7, 11) is 0. The summed E-state index contributed by atoms with van der Waals surface area (Å²) < 4.78 is 39.9. The number of rotatable bonds is 4. The molecular weight excluding hydrogens is 301 g/mol. The molecule has 1 rings (SSSR count). The summed E-state index contributed by atoms with van der Waals surface area (Å²) in [4.78, 5) is 11.5. The van der Waals surface area contributed by atoms with Crippen molar-refractivity contribution in [2.45, 2.75) is 19.7 Å². The number of alkyl halides is 4. The molecule has 0 atom stereocenters. The molecule has 0 fully saturated rings. The van der Waals surface area contributed by atoms with Gasteiger partial charge in [0.05, 0.1) is 0 Å². The zero-order valence-electron chi connectivity index (χ0n) is 8.97. The Kier molecular flexibility index (Phi) is 4.56. The highest BCUT2D eigenvalue weighted by molar-refractivity contribution is 9.09. The van der Waals surface area contributed by atoms with E-state index in [1.807, 2.05) is 0 Å². The van der Waals surface area contributed by atoms with Gasteiger partial charge in [-0.3, -0.25) is 4.79 Å². The number of hydrogen-bond donors (Lipinski definition) is 0. The quantitative estimate of drug-likeness (QED) is 0.623. The number of carbonyl (C=O) groups excluding carboxylic acids is 1. The molecular formula is C11H10BrF3O2. The zero-order valence-corrected chi connectivity index (χ0v) is 10.6. The van der Waals surface area contributed by atoms with Crippen LogP contribution in [-0.4, -0.2) is 17.5 Å². The van der Waals surface area contributed by atoms with E-state index < -0.39 is 6.36 Å². The molecule has 0 saturated carbocycles. The van der Waals surface area contributed by atoms with Gasteiger partial charge >= 0.3 is 6.36 Å². The molecule has 0 spiro atoms. The van der Waals surface area contributed by atoms with E-state index in [0.29, 0.717) is 10.9 Å². The summed E-state index contributed by atoms with van der Waals surface area (Å²) in [6.45, 7) is 1.61. The first kappa shape index (κ1) is 14.0. The van der Waals surface area contributed by atoms with Crippen LogP contribution >= 0.6 is 15.9 Å². The van der Waals surface area contributed by atoms with Crippen LogP contribution < -0.4 is 4.74 Å². The molecule has 6 heteroatoms. The third-order valence-corrected chi connectivity index (χ3v) is 2.32. The number of benzene rings is 1. The first-order valence-corrected chi connectivity index (χ1v) is 5.90. The van der Waals surface area contributed by atoms with Crippen molar-refractivity contribution in [2.24, 2.45) is 0 Å². The lowest BCUT2D eigenvalue weighted by atomic mass is 10.1. The number of aryl methyl sites for hydroxylation is 1. The van der Waals surface area contributed by atoms with Crippen LogP contribution in [0.1, 0.15) is 22.3 Å². The summed E-state index contributed by atoms with van der Waals surface area (Å²) in [6.07, 6.45) is -4.52. The second kappa shape index (κ2) is 5.53. The van der Waals surface area contributed by atoms with Gasteiger partial charge in [0.2, 0.25) is 0 Å². The summed E-state index contributed by atoms with van der Waals surface area (Å²) in [5.41, 5.74) is 0.772. The van der Waals surface area contributed by atoms with Gasteiger partial charge in [0.15, 0.2) is 5.78 Å². The Bertz CT molecular complexity index is 416. The van der Waals surface area contributed by atoms with Crippen LogP contribution in [0.5, 0.6) is 5.75 Å². The van der Waals surface area contributed by atoms with Crippen LogP contribution in [0.4, 0.5) is 13.2 Å². The van der Waals surface area contributed by atoms with Gasteiger partial charge in [0, 0.05) is 17.3 Å². The number of ketones is 1. The molecule has 0 radical (unpaired) electrons. The third-order valence-electron chi connectivity index (χ3n) is 1.93. The molecule has 94 valence electrons. The highest BCUT2D eigenvalue weighted by Gasteiger charge is 2.31. The van der Waals surface area contributed by atoms with E-state index in [2.05, 4.69) is 20.7 Å². The first-order chi connectivity index (χ1) is 7.81. The minimum Gasteiger partial charge on any atom is -0.406 e. The average molecular weight is 311 g/mol. The maximum Gasteiger partial charge on any atom is 0.573 e. The Morgan fingerprint density at radius 2 is 2.00 bits per heavy atom. The fourth-order valence-electron chi connectivity index (χ4n) is 1.33. The largest absolute Gasteiger partial charge is 0.573 e. The van der Waals surface area contributed by atoms with Gasteiger partial charge in [-0.15, -0.1) is 13.2 Å². The van der Waals surface area contributed by atoms with Gasteiger partial charge in [-0.05, 0) is 30.7 Å². The molecule has 0 unspecified atom stereocenters. The topological polar surface area (TPSA) is 26.3 Å². The number of halogens is 4. The lowest BCUT2D eigenvalue weighted by Crippen LogP contribution is -2.17. The molecule has 17 heavy (non-hydrogen) atoms. The van der Waals surface area contributed by atoms with E-state index in [-0.39, 0.29) is 23.5 Å². The van der Waals surface area contributed by atoms with E-state index in [4.69, 9.17) is 0 Å². The monoisotopic (exact) mass is 310 g/mol. The second-order valence-corrected chi connectivity index (χ2v) is 4.24. The van der Waals surface area contributed by atoms with E-state index in [1.54, 1.807) is 6.92 Å². The van der Waals surface area contributed by atoms with Gasteiger partial charge in [-0.1, -0.05) is 15.9 Å². The lowest BCUT2D eigenvalue weighted by Gasteiger charge is -2.10. The van der Waals surface area contributed by atoms with E-state index in [0.717, 1.165) is 6.07 Å². The molecule has 0 N–H and O–H groups in total. The van der Waals surface area contributed by atoms with Gasteiger partial charge in [-0.2, -0.15) is 0 Å². The Morgan fingerprint density at radius 3 is 2.53 bits per heavy atom. The Balaban J connectivity index is 2.98. The van der Waals surface area contributed by atoms with Crippen LogP contribution in [0.2, 0.25) is 0 Å². The molecule has 0 aliphatic heterocycles. The summed E-state index contributed by atoms with van der Waals surface area (Å²) >= 11 is 3.10. The molecule has 0 aromatic heterocycles. The van der Waals surface area contributed by atoms with Crippen LogP contribution in [0.25, 0.3) is 0 Å². The molecule has 0 aliphatic rings. The van der Waals surface area contributed by atoms with Gasteiger partial charge < -0.3 is 4.74 Å². The lowest BCUT2D eigenvalue weighted by molar-refractivity contribution is -0.274. The summed E-state index contributed by atoms with van der Waals surface area (Å²) in [5, 5.41) is 0.467. The van der Waals surface area contributed by atoms with Crippen molar-refractivity contribution in [1.82, 2.24) is 0 Å². The maximum atomic E-state index is 12.0. The Labute approximate surface area is 105 Å². The number of ether oxygens (including phenoxy) is 1. The SMILES string of the molecule is Cc1cc(OC(F)(F)F)cc(C(=O)CCBr)c1. The van der Waals surface area contributed by atoms with Crippen molar-refractivity contribution >= 4 is 21.7 Å². The van der Waals surface area contributed by atoms with E-state index in [1.165, 1.54) is 12.1 Å². The van der Waals surface area contributed by atoms with Gasteiger partial charge in [-0.25, -0.2) is 0 Å². The summed E-state index contributed by atoms with van der Waals surface area (Å²) in [5.74, 6) is -0.590. The van der Waals surface area contributed by atoms with Crippen LogP contribution in [0.3, 0.4) is 0 Å². The molecule has 0 heterocycles. The van der Waals surface area contributed by atoms with Crippen molar-refractivity contribution in [3.63, 3.8) is 0 Å². The smallest absolute Gasteiger partial charge is 0.406 e. The molecule has 2 nitrogen and oxygen atoms in total. The number of hydrogen-bond acceptors (Lipinski definition) is 2. The molecule has 0 bridgehead atoms. The molecule has 0 saturated heterocycles. The zero-order chi connectivity index (χ0) is 13.1. The second-order valence-electron chi connectivity index (χ2n) is 3.44. The van der Waals surface area contributed by atoms with Gasteiger partial charge in [0.1, 0.15) is 5.75 Å². The van der Waals surface area contributed by atoms with Crippen molar-refractivity contribution < 1.29 is 22.7 Å². The minimum atomic E-state index is -4.75. The minimum absolute atomic E-state index is 0.224. The maximum absolute atomic E-state index is 12.0. The van der Waals surface area contributed by atoms with Gasteiger partial charge in [0.25, 0.3) is 0 Å². The van der Waals surface area contributed by atoms with Crippen molar-refractivity contribution in [3.05, 3.63) is 29.3 Å². The molecule has 0 aliphatic carbocycles. The Morgan fingerprint density at radius 1 is 1.35 bits per heavy atom. The molecule has 0 amide bonds. The third kappa shape index (κ3) is 4.77. The van der Waals surface area contributed by atoms with E-state index >= 15 is 0 Å². The predicted octanol–water partition coefficient (Wildman–Crippen LogP) is 3.86. The van der Waals surface area contributed by atoms with Crippen LogP contribution in [0.15, 0.2) is 18.2 Å². The van der Waals surface area contributed by atoms with Crippen molar-refractivity contribution in [3.8, 4) is 5.75 Å². The number of carbonyl (C=O) groups is 1. The van der Waals surface area contributed by atoms with Crippen LogP contribution in [0, 0.1) is 6.92 Å². The standard InChI is InChI=1S/C11H10BrF3O2/c1-7-4-8(10(16)2-3-12)6-9(5-7)17-11(13,14)15/h4-6H,2-3H2,1H3. The first-order valence-electron chi connectivity index (χ1n) is 4.78. The molecule has 1 aromatic carbocycles. The Hall–Kier alpha value is -1.04. The highest BCUT2D eigenvalue weighted by Crippen LogP contribution is 2.25. The summed E-state index contributed by atoms with van der Waals surface area (Å²) in [6, 6.07) is 3.87. The van der Waals surface area contributed by atoms with Crippen molar-refractivity contribution in [2.75, 3.05) is 5.33 Å².